The van der Waals surface area contributed by atoms with Gasteiger partial charge in [-0.1, -0.05) is 31.5 Å². The molecular weight excluding hydrogens is 260 g/mol. The largest absolute Gasteiger partial charge is 0.393 e. The van der Waals surface area contributed by atoms with Gasteiger partial charge >= 0.3 is 0 Å². The smallest absolute Gasteiger partial charge is 0.236 e. The third-order valence-electron chi connectivity index (χ3n) is 5.17. The van der Waals surface area contributed by atoms with Gasteiger partial charge in [0.2, 0.25) is 11.8 Å². The summed E-state index contributed by atoms with van der Waals surface area (Å²) in [5, 5.41) is 0. The Morgan fingerprint density at radius 2 is 1.89 bits per heavy atom. The monoisotopic (exact) mass is 280 g/mol. The predicted octanol–water partition coefficient (Wildman–Crippen LogP) is 1.76. The lowest BCUT2D eigenvalue weighted by molar-refractivity contribution is -0.144. The lowest BCUT2D eigenvalue weighted by Gasteiger charge is -2.29. The minimum Gasteiger partial charge on any atom is -0.393 e. The van der Waals surface area contributed by atoms with Crippen molar-refractivity contribution in [1.29, 1.82) is 0 Å². The van der Waals surface area contributed by atoms with Gasteiger partial charge in [0, 0.05) is 18.4 Å². The summed E-state index contributed by atoms with van der Waals surface area (Å²) in [6.45, 7) is 0. The van der Waals surface area contributed by atoms with Crippen LogP contribution in [0.2, 0.25) is 0 Å². The second-order valence-electron chi connectivity index (χ2n) is 6.24. The van der Waals surface area contributed by atoms with Gasteiger partial charge in [0.05, 0.1) is 10.4 Å². The van der Waals surface area contributed by atoms with E-state index in [-0.39, 0.29) is 29.2 Å². The van der Waals surface area contributed by atoms with Crippen LogP contribution in [-0.4, -0.2) is 27.7 Å². The van der Waals surface area contributed by atoms with Gasteiger partial charge in [0.15, 0.2) is 0 Å². The normalized spacial score (nSPS) is 33.6. The fourth-order valence-electron chi connectivity index (χ4n) is 4.18. The minimum absolute atomic E-state index is 0.0000463. The van der Waals surface area contributed by atoms with Crippen LogP contribution in [0.3, 0.4) is 0 Å². The molecule has 0 bridgehead atoms. The molecular formula is C14H20N2O2S. The van der Waals surface area contributed by atoms with Crippen molar-refractivity contribution in [3.8, 4) is 0 Å². The number of amides is 2. The van der Waals surface area contributed by atoms with E-state index in [0.29, 0.717) is 11.4 Å². The topological polar surface area (TPSA) is 63.4 Å². The van der Waals surface area contributed by atoms with Crippen LogP contribution in [0.25, 0.3) is 0 Å². The van der Waals surface area contributed by atoms with Gasteiger partial charge in [-0.2, -0.15) is 0 Å². The number of rotatable bonds is 2. The summed E-state index contributed by atoms with van der Waals surface area (Å²) in [6.07, 6.45) is 7.05. The molecule has 0 aromatic carbocycles. The van der Waals surface area contributed by atoms with Crippen LogP contribution >= 0.6 is 12.2 Å². The fraction of sp³-hybridized carbons (Fsp3) is 0.786. The molecule has 1 heterocycles. The first kappa shape index (κ1) is 13.0. The predicted molar refractivity (Wildman–Crippen MR) is 75.3 cm³/mol. The third-order valence-corrected chi connectivity index (χ3v) is 5.47. The summed E-state index contributed by atoms with van der Waals surface area (Å²) >= 11 is 5.10. The van der Waals surface area contributed by atoms with Gasteiger partial charge in [0.1, 0.15) is 0 Å². The maximum Gasteiger partial charge on any atom is 0.236 e. The van der Waals surface area contributed by atoms with Crippen LogP contribution < -0.4 is 5.73 Å². The van der Waals surface area contributed by atoms with Crippen molar-refractivity contribution in [3.63, 3.8) is 0 Å². The van der Waals surface area contributed by atoms with Crippen LogP contribution in [0, 0.1) is 11.3 Å². The first-order valence-electron chi connectivity index (χ1n) is 7.21. The Balaban J connectivity index is 1.86. The Bertz CT molecular complexity index is 443. The standard InChI is InChI=1S/C14H20N2O2S/c15-12(19)9-4-3-5-10(9)16-11(17)8-14(13(16)18)6-1-2-7-14/h9-10H,1-8H2,(H2,15,19). The first-order chi connectivity index (χ1) is 9.05. The summed E-state index contributed by atoms with van der Waals surface area (Å²) in [5.74, 6) is 0.0858. The lowest BCUT2D eigenvalue weighted by atomic mass is 9.84. The number of nitrogens with zero attached hydrogens (tertiary/aromatic N) is 1. The van der Waals surface area contributed by atoms with Crippen LogP contribution in [0.5, 0.6) is 0 Å². The van der Waals surface area contributed by atoms with E-state index in [4.69, 9.17) is 18.0 Å². The molecule has 2 amide bonds. The molecule has 0 aromatic rings. The molecule has 2 unspecified atom stereocenters. The average molecular weight is 280 g/mol. The number of nitrogens with two attached hydrogens (primary N) is 1. The van der Waals surface area contributed by atoms with Crippen molar-refractivity contribution < 1.29 is 9.59 Å². The molecule has 1 spiro atoms. The van der Waals surface area contributed by atoms with Crippen LogP contribution in [0.1, 0.15) is 51.4 Å². The van der Waals surface area contributed by atoms with E-state index < -0.39 is 0 Å². The molecule has 0 radical (unpaired) electrons. The molecule has 104 valence electrons. The van der Waals surface area contributed by atoms with Crippen molar-refractivity contribution in [2.24, 2.45) is 17.1 Å². The van der Waals surface area contributed by atoms with E-state index >= 15 is 0 Å². The van der Waals surface area contributed by atoms with Crippen molar-refractivity contribution in [2.45, 2.75) is 57.4 Å². The molecule has 2 saturated carbocycles. The molecule has 19 heavy (non-hydrogen) atoms. The second-order valence-corrected chi connectivity index (χ2v) is 6.71. The number of carbonyl (C=O) groups is 2. The summed E-state index contributed by atoms with van der Waals surface area (Å²) in [5.41, 5.74) is 5.40. The van der Waals surface area contributed by atoms with Gasteiger partial charge in [-0.15, -0.1) is 0 Å². The Hall–Kier alpha value is -0.970. The van der Waals surface area contributed by atoms with Gasteiger partial charge in [-0.25, -0.2) is 0 Å². The molecule has 3 rings (SSSR count). The molecule has 4 nitrogen and oxygen atoms in total. The van der Waals surface area contributed by atoms with Crippen molar-refractivity contribution in [1.82, 2.24) is 4.90 Å². The Morgan fingerprint density at radius 1 is 1.21 bits per heavy atom. The second kappa shape index (κ2) is 4.54. The van der Waals surface area contributed by atoms with Gasteiger partial charge in [0.25, 0.3) is 0 Å². The van der Waals surface area contributed by atoms with E-state index in [1.165, 1.54) is 4.90 Å². The van der Waals surface area contributed by atoms with Crippen molar-refractivity contribution in [3.05, 3.63) is 0 Å². The number of carbonyl (C=O) groups excluding carboxylic acids is 2. The minimum atomic E-state index is -0.375. The molecule has 2 N–H and O–H groups in total. The van der Waals surface area contributed by atoms with Crippen LogP contribution in [0.4, 0.5) is 0 Å². The van der Waals surface area contributed by atoms with Crippen molar-refractivity contribution >= 4 is 29.0 Å². The van der Waals surface area contributed by atoms with E-state index in [1.54, 1.807) is 0 Å². The molecule has 0 aromatic heterocycles. The summed E-state index contributed by atoms with van der Waals surface area (Å²) in [4.78, 5) is 27.0. The van der Waals surface area contributed by atoms with Gasteiger partial charge in [-0.05, 0) is 25.7 Å². The highest BCUT2D eigenvalue weighted by Crippen LogP contribution is 2.49. The maximum absolute atomic E-state index is 12.7. The number of hydrogen-bond donors (Lipinski definition) is 1. The number of thiocarbonyl (C=S) groups is 1. The fourth-order valence-corrected chi connectivity index (χ4v) is 4.45. The molecule has 3 fully saturated rings. The Morgan fingerprint density at radius 3 is 2.53 bits per heavy atom. The molecule has 3 aliphatic rings. The summed E-state index contributed by atoms with van der Waals surface area (Å²) < 4.78 is 0. The molecule has 2 atom stereocenters. The highest BCUT2D eigenvalue weighted by Gasteiger charge is 2.55. The summed E-state index contributed by atoms with van der Waals surface area (Å²) in [6, 6.07) is -0.0718. The highest BCUT2D eigenvalue weighted by molar-refractivity contribution is 7.80. The number of hydrogen-bond acceptors (Lipinski definition) is 3. The number of imide groups is 1. The quantitative estimate of drug-likeness (QED) is 0.618. The average Bonchev–Trinajstić information content (AvgIpc) is 3.02. The van der Waals surface area contributed by atoms with Gasteiger partial charge in [-0.3, -0.25) is 14.5 Å². The zero-order valence-electron chi connectivity index (χ0n) is 11.1. The van der Waals surface area contributed by atoms with E-state index in [0.717, 1.165) is 44.9 Å². The number of likely N-dealkylation sites (tertiary alicyclic amines) is 1. The Labute approximate surface area is 118 Å². The Kier molecular flexibility index (Phi) is 3.12. The van der Waals surface area contributed by atoms with E-state index in [2.05, 4.69) is 0 Å². The van der Waals surface area contributed by atoms with Crippen LogP contribution in [-0.2, 0) is 9.59 Å². The van der Waals surface area contributed by atoms with E-state index in [1.807, 2.05) is 0 Å². The zero-order valence-corrected chi connectivity index (χ0v) is 11.9. The van der Waals surface area contributed by atoms with Crippen LogP contribution in [0.15, 0.2) is 0 Å². The lowest BCUT2D eigenvalue weighted by Crippen LogP contribution is -2.46. The maximum atomic E-state index is 12.7. The van der Waals surface area contributed by atoms with Gasteiger partial charge < -0.3 is 5.73 Å². The third kappa shape index (κ3) is 1.90. The highest BCUT2D eigenvalue weighted by atomic mass is 32.1. The molecule has 1 saturated heterocycles. The summed E-state index contributed by atoms with van der Waals surface area (Å²) in [7, 11) is 0. The zero-order chi connectivity index (χ0) is 13.6. The molecule has 2 aliphatic carbocycles. The van der Waals surface area contributed by atoms with E-state index in [9.17, 15) is 9.59 Å². The molecule has 1 aliphatic heterocycles. The first-order valence-corrected chi connectivity index (χ1v) is 7.62. The molecule has 5 heteroatoms. The SMILES string of the molecule is NC(=S)C1CCCC1N1C(=O)CC2(CCCC2)C1=O. The van der Waals surface area contributed by atoms with Crippen molar-refractivity contribution in [2.75, 3.05) is 0 Å².